The van der Waals surface area contributed by atoms with Gasteiger partial charge in [0.25, 0.3) is 5.91 Å². The van der Waals surface area contributed by atoms with Crippen molar-refractivity contribution in [2.45, 2.75) is 18.4 Å². The summed E-state index contributed by atoms with van der Waals surface area (Å²) in [5, 5.41) is 1.99. The number of hydrogen-bond acceptors (Lipinski definition) is 4. The topological polar surface area (TPSA) is 71.4 Å². The summed E-state index contributed by atoms with van der Waals surface area (Å²) >= 11 is 1.60. The molecule has 120 valence electrons. The number of nitrogens with one attached hydrogen (secondary N) is 1. The lowest BCUT2D eigenvalue weighted by molar-refractivity contribution is 0.0777. The van der Waals surface area contributed by atoms with E-state index in [1.165, 1.54) is 23.9 Å². The summed E-state index contributed by atoms with van der Waals surface area (Å²) in [6.45, 7) is 2.51. The van der Waals surface area contributed by atoms with Crippen LogP contribution in [0.2, 0.25) is 0 Å². The largest absolute Gasteiger partial charge is 0.345 e. The van der Waals surface area contributed by atoms with Crippen molar-refractivity contribution >= 4 is 27.3 Å². The third-order valence-electron chi connectivity index (χ3n) is 3.47. The van der Waals surface area contributed by atoms with E-state index < -0.39 is 10.0 Å². The maximum atomic E-state index is 12.5. The third kappa shape index (κ3) is 3.23. The lowest BCUT2D eigenvalue weighted by Crippen LogP contribution is -2.27. The Hall–Kier alpha value is -1.64. The zero-order chi connectivity index (χ0) is 16.5. The van der Waals surface area contributed by atoms with E-state index in [1.54, 1.807) is 30.3 Å². The molecule has 0 saturated carbocycles. The van der Waals surface area contributed by atoms with Gasteiger partial charge in [-0.05, 0) is 37.0 Å². The molecule has 2 aromatic heterocycles. The summed E-state index contributed by atoms with van der Waals surface area (Å²) in [6.07, 6.45) is 1.43. The highest BCUT2D eigenvalue weighted by atomic mass is 32.2. The van der Waals surface area contributed by atoms with Crippen molar-refractivity contribution in [3.8, 4) is 0 Å². The van der Waals surface area contributed by atoms with Gasteiger partial charge in [0.05, 0.1) is 6.54 Å². The number of thiophene rings is 1. The molecule has 1 N–H and O–H groups in total. The first-order valence-corrected chi connectivity index (χ1v) is 9.01. The van der Waals surface area contributed by atoms with Gasteiger partial charge in [-0.2, -0.15) is 0 Å². The van der Waals surface area contributed by atoms with Crippen LogP contribution in [0.3, 0.4) is 0 Å². The van der Waals surface area contributed by atoms with Gasteiger partial charge in [-0.25, -0.2) is 13.1 Å². The van der Waals surface area contributed by atoms with Crippen LogP contribution in [0.25, 0.3) is 0 Å². The summed E-state index contributed by atoms with van der Waals surface area (Å²) in [4.78, 5) is 15.3. The minimum atomic E-state index is -3.56. The first kappa shape index (κ1) is 16.7. The average Bonchev–Trinajstić information content (AvgIpc) is 3.05. The molecular formula is C14H19N3O3S2. The zero-order valence-electron chi connectivity index (χ0n) is 13.0. The van der Waals surface area contributed by atoms with Crippen LogP contribution in [0.15, 0.2) is 28.6 Å². The second-order valence-corrected chi connectivity index (χ2v) is 7.95. The monoisotopic (exact) mass is 341 g/mol. The number of rotatable bonds is 5. The van der Waals surface area contributed by atoms with E-state index in [0.717, 1.165) is 10.4 Å². The van der Waals surface area contributed by atoms with Crippen LogP contribution in [0.4, 0.5) is 0 Å². The SMILES string of the molecule is CNS(=O)(=O)c1cc(C(=O)N(C)Cc2sccc2C)n(C)c1. The molecule has 0 bridgehead atoms. The fourth-order valence-electron chi connectivity index (χ4n) is 2.06. The minimum Gasteiger partial charge on any atom is -0.345 e. The summed E-state index contributed by atoms with van der Waals surface area (Å²) in [6, 6.07) is 3.41. The molecule has 1 amide bonds. The van der Waals surface area contributed by atoms with E-state index in [0.29, 0.717) is 12.2 Å². The number of aromatic nitrogens is 1. The number of aryl methyl sites for hydroxylation is 2. The highest BCUT2D eigenvalue weighted by Gasteiger charge is 2.21. The van der Waals surface area contributed by atoms with Crippen LogP contribution in [0.5, 0.6) is 0 Å². The van der Waals surface area contributed by atoms with Crippen LogP contribution in [0.1, 0.15) is 20.9 Å². The van der Waals surface area contributed by atoms with E-state index in [-0.39, 0.29) is 10.8 Å². The summed E-state index contributed by atoms with van der Waals surface area (Å²) in [5.41, 5.74) is 1.49. The quantitative estimate of drug-likeness (QED) is 0.897. The molecule has 2 rings (SSSR count). The van der Waals surface area contributed by atoms with Gasteiger partial charge in [0.2, 0.25) is 10.0 Å². The van der Waals surface area contributed by atoms with Crippen molar-refractivity contribution in [3.05, 3.63) is 39.8 Å². The van der Waals surface area contributed by atoms with E-state index in [4.69, 9.17) is 0 Å². The van der Waals surface area contributed by atoms with Gasteiger partial charge in [-0.3, -0.25) is 4.79 Å². The molecular weight excluding hydrogens is 322 g/mol. The first-order chi connectivity index (χ1) is 10.3. The lowest BCUT2D eigenvalue weighted by Gasteiger charge is -2.17. The lowest BCUT2D eigenvalue weighted by atomic mass is 10.2. The molecule has 0 aliphatic carbocycles. The third-order valence-corrected chi connectivity index (χ3v) is 5.86. The maximum absolute atomic E-state index is 12.5. The Morgan fingerprint density at radius 2 is 2.14 bits per heavy atom. The van der Waals surface area contributed by atoms with Crippen LogP contribution >= 0.6 is 11.3 Å². The number of hydrogen-bond donors (Lipinski definition) is 1. The van der Waals surface area contributed by atoms with Gasteiger partial charge in [0.15, 0.2) is 0 Å². The molecule has 0 fully saturated rings. The molecule has 2 aromatic rings. The molecule has 0 spiro atoms. The highest BCUT2D eigenvalue weighted by Crippen LogP contribution is 2.19. The molecule has 0 saturated heterocycles. The Bertz CT molecular complexity index is 790. The Balaban J connectivity index is 2.24. The van der Waals surface area contributed by atoms with E-state index in [2.05, 4.69) is 4.72 Å². The summed E-state index contributed by atoms with van der Waals surface area (Å²) in [5.74, 6) is -0.215. The van der Waals surface area contributed by atoms with E-state index in [9.17, 15) is 13.2 Å². The van der Waals surface area contributed by atoms with Gasteiger partial charge < -0.3 is 9.47 Å². The summed E-state index contributed by atoms with van der Waals surface area (Å²) in [7, 11) is 1.16. The van der Waals surface area contributed by atoms with Crippen LogP contribution in [-0.2, 0) is 23.6 Å². The van der Waals surface area contributed by atoms with E-state index >= 15 is 0 Å². The smallest absolute Gasteiger partial charge is 0.270 e. The Kier molecular flexibility index (Phi) is 4.74. The van der Waals surface area contributed by atoms with Crippen LogP contribution in [-0.4, -0.2) is 37.9 Å². The molecule has 0 aliphatic heterocycles. The molecule has 0 unspecified atom stereocenters. The number of carbonyl (C=O) groups is 1. The highest BCUT2D eigenvalue weighted by molar-refractivity contribution is 7.89. The van der Waals surface area contributed by atoms with Crippen LogP contribution < -0.4 is 4.72 Å². The number of carbonyl (C=O) groups excluding carboxylic acids is 1. The van der Waals surface area contributed by atoms with Gasteiger partial charge >= 0.3 is 0 Å². The van der Waals surface area contributed by atoms with Gasteiger partial charge in [0.1, 0.15) is 10.6 Å². The van der Waals surface area contributed by atoms with Crippen molar-refractivity contribution in [1.29, 1.82) is 0 Å². The van der Waals surface area contributed by atoms with Crippen molar-refractivity contribution in [2.75, 3.05) is 14.1 Å². The van der Waals surface area contributed by atoms with Crippen LogP contribution in [0, 0.1) is 6.92 Å². The predicted octanol–water partition coefficient (Wildman–Crippen LogP) is 1.58. The standard InChI is InChI=1S/C14H19N3O3S2/c1-10-5-6-21-13(10)9-17(4)14(18)12-7-11(8-16(12)3)22(19,20)15-2/h5-8,15H,9H2,1-4H3. The minimum absolute atomic E-state index is 0.0848. The fourth-order valence-corrected chi connectivity index (χ4v) is 3.82. The Morgan fingerprint density at radius 1 is 1.45 bits per heavy atom. The average molecular weight is 341 g/mol. The van der Waals surface area contributed by atoms with Gasteiger partial charge in [-0.15, -0.1) is 11.3 Å². The van der Waals surface area contributed by atoms with Crippen molar-refractivity contribution in [2.24, 2.45) is 7.05 Å². The zero-order valence-corrected chi connectivity index (χ0v) is 14.6. The van der Waals surface area contributed by atoms with Crippen molar-refractivity contribution in [3.63, 3.8) is 0 Å². The molecule has 8 heteroatoms. The van der Waals surface area contributed by atoms with Gasteiger partial charge in [0, 0.05) is 25.2 Å². The molecule has 6 nitrogen and oxygen atoms in total. The molecule has 0 aromatic carbocycles. The second kappa shape index (κ2) is 6.23. The van der Waals surface area contributed by atoms with Crippen molar-refractivity contribution < 1.29 is 13.2 Å². The predicted molar refractivity (Wildman–Crippen MR) is 86.5 cm³/mol. The second-order valence-electron chi connectivity index (χ2n) is 5.07. The Labute approximate surface area is 134 Å². The maximum Gasteiger partial charge on any atom is 0.270 e. The number of amides is 1. The fraction of sp³-hybridized carbons (Fsp3) is 0.357. The molecule has 0 aliphatic rings. The van der Waals surface area contributed by atoms with E-state index in [1.807, 2.05) is 18.4 Å². The molecule has 0 radical (unpaired) electrons. The number of sulfonamides is 1. The molecule has 0 atom stereocenters. The molecule has 2 heterocycles. The Morgan fingerprint density at radius 3 is 2.68 bits per heavy atom. The first-order valence-electron chi connectivity index (χ1n) is 6.64. The number of nitrogens with zero attached hydrogens (tertiary/aromatic N) is 2. The normalized spacial score (nSPS) is 11.6. The summed E-state index contributed by atoms with van der Waals surface area (Å²) < 4.78 is 27.4. The van der Waals surface area contributed by atoms with Crippen molar-refractivity contribution in [1.82, 2.24) is 14.2 Å². The molecule has 22 heavy (non-hydrogen) atoms. The van der Waals surface area contributed by atoms with Gasteiger partial charge in [-0.1, -0.05) is 0 Å².